The number of non-ortho nitro benzene ring substituents is 1. The lowest BCUT2D eigenvalue weighted by molar-refractivity contribution is -0.385. The first-order valence-corrected chi connectivity index (χ1v) is 7.77. The molecular formula is C12H14N2O6S. The average Bonchev–Trinajstić information content (AvgIpc) is 2.47. The van der Waals surface area contributed by atoms with Crippen molar-refractivity contribution in [3.8, 4) is 0 Å². The molecule has 1 aliphatic heterocycles. The molecule has 1 atom stereocenters. The summed E-state index contributed by atoms with van der Waals surface area (Å²) in [6, 6.07) is 3.51. The summed E-state index contributed by atoms with van der Waals surface area (Å²) in [4.78, 5) is 21.0. The number of nitrogens with zero attached hydrogens (tertiary/aromatic N) is 2. The molecule has 1 fully saturated rings. The van der Waals surface area contributed by atoms with Gasteiger partial charge in [-0.2, -0.15) is 4.31 Å². The summed E-state index contributed by atoms with van der Waals surface area (Å²) in [5.41, 5.74) is -0.347. The van der Waals surface area contributed by atoms with Crippen LogP contribution in [0, 0.1) is 10.1 Å². The topological polar surface area (TPSA) is 118 Å². The second-order valence-corrected chi connectivity index (χ2v) is 6.61. The van der Waals surface area contributed by atoms with Crippen LogP contribution in [0.3, 0.4) is 0 Å². The Morgan fingerprint density at radius 2 is 2.10 bits per heavy atom. The summed E-state index contributed by atoms with van der Waals surface area (Å²) < 4.78 is 25.9. The first-order valence-electron chi connectivity index (χ1n) is 6.33. The van der Waals surface area contributed by atoms with E-state index in [1.807, 2.05) is 0 Å². The van der Waals surface area contributed by atoms with E-state index in [-0.39, 0.29) is 23.5 Å². The molecular weight excluding hydrogens is 300 g/mol. The van der Waals surface area contributed by atoms with Crippen LogP contribution in [0.5, 0.6) is 0 Å². The van der Waals surface area contributed by atoms with Crippen molar-refractivity contribution in [2.24, 2.45) is 0 Å². The normalized spacial score (nSPS) is 20.1. The van der Waals surface area contributed by atoms with Crippen LogP contribution in [0.2, 0.25) is 0 Å². The van der Waals surface area contributed by atoms with E-state index < -0.39 is 27.0 Å². The number of aliphatic carboxylic acids is 1. The number of carbonyl (C=O) groups is 1. The highest BCUT2D eigenvalue weighted by atomic mass is 32.2. The Morgan fingerprint density at radius 3 is 2.71 bits per heavy atom. The highest BCUT2D eigenvalue weighted by Crippen LogP contribution is 2.27. The van der Waals surface area contributed by atoms with E-state index in [1.165, 1.54) is 18.2 Å². The van der Waals surface area contributed by atoms with E-state index >= 15 is 0 Å². The van der Waals surface area contributed by atoms with Gasteiger partial charge in [-0.15, -0.1) is 0 Å². The van der Waals surface area contributed by atoms with Crippen molar-refractivity contribution in [1.82, 2.24) is 4.31 Å². The number of hydrogen-bond acceptors (Lipinski definition) is 5. The fourth-order valence-electron chi connectivity index (χ4n) is 2.33. The van der Waals surface area contributed by atoms with Gasteiger partial charge in [-0.1, -0.05) is 6.07 Å². The lowest BCUT2D eigenvalue weighted by atomic mass is 10.1. The van der Waals surface area contributed by atoms with Gasteiger partial charge in [0.05, 0.1) is 9.82 Å². The Hall–Kier alpha value is -2.00. The van der Waals surface area contributed by atoms with Gasteiger partial charge in [0.2, 0.25) is 10.0 Å². The molecule has 1 aliphatic rings. The number of nitro groups is 1. The van der Waals surface area contributed by atoms with E-state index in [0.29, 0.717) is 12.8 Å². The van der Waals surface area contributed by atoms with Gasteiger partial charge in [-0.3, -0.25) is 14.9 Å². The molecule has 1 N–H and O–H groups in total. The van der Waals surface area contributed by atoms with Crippen molar-refractivity contribution in [2.75, 3.05) is 6.54 Å². The fourth-order valence-corrected chi connectivity index (χ4v) is 4.02. The highest BCUT2D eigenvalue weighted by molar-refractivity contribution is 7.89. The van der Waals surface area contributed by atoms with Crippen molar-refractivity contribution in [3.05, 3.63) is 34.4 Å². The molecule has 114 valence electrons. The molecule has 0 aromatic heterocycles. The van der Waals surface area contributed by atoms with Gasteiger partial charge in [-0.25, -0.2) is 8.42 Å². The molecule has 0 spiro atoms. The molecule has 0 amide bonds. The monoisotopic (exact) mass is 314 g/mol. The molecule has 1 aromatic carbocycles. The number of carboxylic acids is 1. The zero-order chi connectivity index (χ0) is 15.6. The van der Waals surface area contributed by atoms with Crippen molar-refractivity contribution in [2.45, 2.75) is 30.2 Å². The van der Waals surface area contributed by atoms with Crippen molar-refractivity contribution >= 4 is 21.7 Å². The molecule has 1 saturated heterocycles. The smallest absolute Gasteiger partial charge is 0.322 e. The molecule has 8 nitrogen and oxygen atoms in total. The number of rotatable bonds is 4. The summed E-state index contributed by atoms with van der Waals surface area (Å²) >= 11 is 0. The number of hydrogen-bond donors (Lipinski definition) is 1. The second kappa shape index (κ2) is 5.78. The van der Waals surface area contributed by atoms with Crippen LogP contribution >= 0.6 is 0 Å². The number of nitro benzene ring substituents is 1. The van der Waals surface area contributed by atoms with E-state index in [0.717, 1.165) is 10.4 Å². The lowest BCUT2D eigenvalue weighted by Crippen LogP contribution is -2.47. The van der Waals surface area contributed by atoms with Gasteiger partial charge in [0.15, 0.2) is 0 Å². The quantitative estimate of drug-likeness (QED) is 0.659. The number of piperidine rings is 1. The molecule has 0 aliphatic carbocycles. The first-order chi connectivity index (χ1) is 9.84. The molecule has 2 rings (SSSR count). The zero-order valence-corrected chi connectivity index (χ0v) is 11.8. The lowest BCUT2D eigenvalue weighted by Gasteiger charge is -2.31. The second-order valence-electron chi connectivity index (χ2n) is 4.72. The Balaban J connectivity index is 2.43. The SMILES string of the molecule is O=C(O)C1CCCCN1S(=O)(=O)c1cccc([N+](=O)[O-])c1. The molecule has 0 bridgehead atoms. The molecule has 1 aromatic rings. The van der Waals surface area contributed by atoms with Gasteiger partial charge in [-0.05, 0) is 25.3 Å². The summed E-state index contributed by atoms with van der Waals surface area (Å²) in [7, 11) is -4.06. The molecule has 1 heterocycles. The van der Waals surface area contributed by atoms with Crippen molar-refractivity contribution in [3.63, 3.8) is 0 Å². The Morgan fingerprint density at radius 1 is 1.38 bits per heavy atom. The van der Waals surface area contributed by atoms with Crippen LogP contribution < -0.4 is 0 Å². The summed E-state index contributed by atoms with van der Waals surface area (Å²) in [5.74, 6) is -1.20. The molecule has 9 heteroatoms. The van der Waals surface area contributed by atoms with Crippen LogP contribution in [-0.4, -0.2) is 41.3 Å². The summed E-state index contributed by atoms with van der Waals surface area (Å²) in [5, 5.41) is 19.9. The van der Waals surface area contributed by atoms with Crippen LogP contribution in [0.25, 0.3) is 0 Å². The minimum atomic E-state index is -4.06. The number of benzene rings is 1. The van der Waals surface area contributed by atoms with Crippen molar-refractivity contribution in [1.29, 1.82) is 0 Å². The van der Waals surface area contributed by atoms with E-state index in [2.05, 4.69) is 0 Å². The van der Waals surface area contributed by atoms with Crippen molar-refractivity contribution < 1.29 is 23.2 Å². The molecule has 0 radical (unpaired) electrons. The predicted molar refractivity (Wildman–Crippen MR) is 72.3 cm³/mol. The van der Waals surface area contributed by atoms with E-state index in [9.17, 15) is 23.3 Å². The predicted octanol–water partition coefficient (Wildman–Crippen LogP) is 1.22. The van der Waals surface area contributed by atoms with Gasteiger partial charge >= 0.3 is 5.97 Å². The molecule has 21 heavy (non-hydrogen) atoms. The maximum absolute atomic E-state index is 12.5. The van der Waals surface area contributed by atoms with Crippen LogP contribution in [0.15, 0.2) is 29.2 Å². The minimum absolute atomic E-state index is 0.0992. The third kappa shape index (κ3) is 3.03. The fraction of sp³-hybridized carbons (Fsp3) is 0.417. The maximum Gasteiger partial charge on any atom is 0.322 e. The van der Waals surface area contributed by atoms with Gasteiger partial charge < -0.3 is 5.11 Å². The number of sulfonamides is 1. The summed E-state index contributed by atoms with van der Waals surface area (Å²) in [6.07, 6.45) is 1.44. The van der Waals surface area contributed by atoms with Crippen LogP contribution in [0.4, 0.5) is 5.69 Å². The minimum Gasteiger partial charge on any atom is -0.480 e. The highest BCUT2D eigenvalue weighted by Gasteiger charge is 2.37. The third-order valence-corrected chi connectivity index (χ3v) is 5.28. The molecule has 0 saturated carbocycles. The van der Waals surface area contributed by atoms with Gasteiger partial charge in [0, 0.05) is 18.7 Å². The maximum atomic E-state index is 12.5. The Labute approximate surface area is 121 Å². The van der Waals surface area contributed by atoms with Crippen LogP contribution in [0.1, 0.15) is 19.3 Å². The van der Waals surface area contributed by atoms with E-state index in [4.69, 9.17) is 5.11 Å². The standard InChI is InChI=1S/C12H14N2O6S/c15-12(16)11-6-1-2-7-13(11)21(19,20)10-5-3-4-9(8-10)14(17)18/h3-5,8,11H,1-2,6-7H2,(H,15,16). The average molecular weight is 314 g/mol. The van der Waals surface area contributed by atoms with Gasteiger partial charge in [0.1, 0.15) is 6.04 Å². The molecule has 1 unspecified atom stereocenters. The van der Waals surface area contributed by atoms with E-state index in [1.54, 1.807) is 0 Å². The largest absolute Gasteiger partial charge is 0.480 e. The zero-order valence-electron chi connectivity index (χ0n) is 11.0. The number of carboxylic acid groups (broad SMARTS) is 1. The third-order valence-electron chi connectivity index (χ3n) is 3.37. The Bertz CT molecular complexity index is 672. The first kappa shape index (κ1) is 15.4. The Kier molecular flexibility index (Phi) is 4.24. The van der Waals surface area contributed by atoms with Gasteiger partial charge in [0.25, 0.3) is 5.69 Å². The van der Waals surface area contributed by atoms with Crippen LogP contribution in [-0.2, 0) is 14.8 Å². The summed E-state index contributed by atoms with van der Waals surface area (Å²) in [6.45, 7) is 0.0992.